The molecule has 0 aliphatic carbocycles. The highest BCUT2D eigenvalue weighted by Crippen LogP contribution is 2.13. The zero-order valence-electron chi connectivity index (χ0n) is 9.09. The molecule has 0 spiro atoms. The van der Waals surface area contributed by atoms with Gasteiger partial charge in [0.2, 0.25) is 0 Å². The molecule has 2 N–H and O–H groups in total. The van der Waals surface area contributed by atoms with Crippen molar-refractivity contribution >= 4 is 0 Å². The van der Waals surface area contributed by atoms with Crippen LogP contribution >= 0.6 is 0 Å². The summed E-state index contributed by atoms with van der Waals surface area (Å²) in [6.07, 6.45) is 3.87. The van der Waals surface area contributed by atoms with Gasteiger partial charge < -0.3 is 15.4 Å². The molecule has 0 amide bonds. The lowest BCUT2D eigenvalue weighted by atomic mass is 9.99. The minimum atomic E-state index is 0.631. The second-order valence-corrected chi connectivity index (χ2v) is 4.63. The van der Waals surface area contributed by atoms with Crippen LogP contribution in [0.1, 0.15) is 26.2 Å². The third kappa shape index (κ3) is 2.69. The van der Waals surface area contributed by atoms with Gasteiger partial charge >= 0.3 is 0 Å². The van der Waals surface area contributed by atoms with Gasteiger partial charge in [-0.05, 0) is 38.6 Å². The van der Waals surface area contributed by atoms with Crippen molar-refractivity contribution in [3.05, 3.63) is 0 Å². The van der Waals surface area contributed by atoms with E-state index >= 15 is 0 Å². The van der Waals surface area contributed by atoms with E-state index in [2.05, 4.69) is 17.6 Å². The summed E-state index contributed by atoms with van der Waals surface area (Å²) in [7, 11) is 0. The summed E-state index contributed by atoms with van der Waals surface area (Å²) in [5.41, 5.74) is 0. The molecule has 2 aliphatic heterocycles. The monoisotopic (exact) mass is 198 g/mol. The van der Waals surface area contributed by atoms with Crippen LogP contribution in [0.4, 0.5) is 0 Å². The van der Waals surface area contributed by atoms with Gasteiger partial charge in [-0.25, -0.2) is 0 Å². The molecule has 14 heavy (non-hydrogen) atoms. The largest absolute Gasteiger partial charge is 0.381 e. The third-order valence-corrected chi connectivity index (χ3v) is 3.45. The lowest BCUT2D eigenvalue weighted by molar-refractivity contribution is 0.183. The Morgan fingerprint density at radius 1 is 1.43 bits per heavy atom. The first-order chi connectivity index (χ1) is 6.86. The summed E-state index contributed by atoms with van der Waals surface area (Å²) in [6, 6.07) is 1.30. The Hall–Kier alpha value is -0.120. The lowest BCUT2D eigenvalue weighted by Gasteiger charge is -2.31. The van der Waals surface area contributed by atoms with E-state index in [0.29, 0.717) is 12.1 Å². The molecule has 0 aromatic carbocycles. The number of ether oxygens (including phenoxy) is 1. The van der Waals surface area contributed by atoms with Crippen LogP contribution in [-0.4, -0.2) is 38.4 Å². The molecule has 0 aromatic heterocycles. The topological polar surface area (TPSA) is 33.3 Å². The van der Waals surface area contributed by atoms with E-state index in [4.69, 9.17) is 4.74 Å². The molecule has 2 aliphatic rings. The van der Waals surface area contributed by atoms with Crippen LogP contribution in [0, 0.1) is 5.92 Å². The highest BCUT2D eigenvalue weighted by Gasteiger charge is 2.22. The maximum absolute atomic E-state index is 5.37. The third-order valence-electron chi connectivity index (χ3n) is 3.45. The average molecular weight is 198 g/mol. The fraction of sp³-hybridized carbons (Fsp3) is 1.00. The van der Waals surface area contributed by atoms with E-state index in [1.807, 2.05) is 0 Å². The van der Waals surface area contributed by atoms with Gasteiger partial charge in [0, 0.05) is 25.2 Å². The summed E-state index contributed by atoms with van der Waals surface area (Å²) in [6.45, 7) is 6.52. The second kappa shape index (κ2) is 5.10. The molecule has 3 atom stereocenters. The summed E-state index contributed by atoms with van der Waals surface area (Å²) in [5.74, 6) is 0.754. The fourth-order valence-corrected chi connectivity index (χ4v) is 2.39. The molecule has 0 radical (unpaired) electrons. The smallest absolute Gasteiger partial charge is 0.0507 e. The van der Waals surface area contributed by atoms with E-state index < -0.39 is 0 Å². The van der Waals surface area contributed by atoms with Crippen LogP contribution in [0.5, 0.6) is 0 Å². The minimum absolute atomic E-state index is 0.631. The molecule has 3 nitrogen and oxygen atoms in total. The maximum Gasteiger partial charge on any atom is 0.0507 e. The molecule has 2 saturated heterocycles. The molecular formula is C11H22N2O. The van der Waals surface area contributed by atoms with Gasteiger partial charge in [-0.2, -0.15) is 0 Å². The molecule has 0 bridgehead atoms. The number of hydrogen-bond acceptors (Lipinski definition) is 3. The average Bonchev–Trinajstić information content (AvgIpc) is 2.69. The van der Waals surface area contributed by atoms with Crippen LogP contribution in [-0.2, 0) is 4.74 Å². The molecule has 3 unspecified atom stereocenters. The van der Waals surface area contributed by atoms with Gasteiger partial charge in [-0.15, -0.1) is 0 Å². The fourth-order valence-electron chi connectivity index (χ4n) is 2.39. The van der Waals surface area contributed by atoms with Crippen molar-refractivity contribution in [2.75, 3.05) is 26.3 Å². The van der Waals surface area contributed by atoms with Gasteiger partial charge in [0.05, 0.1) is 6.61 Å². The number of piperidine rings is 1. The normalized spacial score (nSPS) is 38.8. The highest BCUT2D eigenvalue weighted by atomic mass is 16.5. The standard InChI is InChI=1S/C11H22N2O/c1-9-11(3-2-5-12-9)13-7-10-4-6-14-8-10/h9-13H,2-8H2,1H3. The lowest BCUT2D eigenvalue weighted by Crippen LogP contribution is -2.51. The van der Waals surface area contributed by atoms with E-state index in [9.17, 15) is 0 Å². The predicted octanol–water partition coefficient (Wildman–Crippen LogP) is 0.753. The second-order valence-electron chi connectivity index (χ2n) is 4.63. The summed E-state index contributed by atoms with van der Waals surface area (Å²) in [5, 5.41) is 7.18. The van der Waals surface area contributed by atoms with Gasteiger partial charge in [0.25, 0.3) is 0 Å². The van der Waals surface area contributed by atoms with Crippen molar-refractivity contribution in [2.24, 2.45) is 5.92 Å². The Morgan fingerprint density at radius 3 is 3.07 bits per heavy atom. The zero-order chi connectivity index (χ0) is 9.80. The van der Waals surface area contributed by atoms with E-state index in [1.165, 1.54) is 25.8 Å². The molecule has 2 fully saturated rings. The minimum Gasteiger partial charge on any atom is -0.381 e. The van der Waals surface area contributed by atoms with Crippen molar-refractivity contribution in [2.45, 2.75) is 38.3 Å². The molecule has 0 aromatic rings. The summed E-state index contributed by atoms with van der Waals surface area (Å²) >= 11 is 0. The van der Waals surface area contributed by atoms with Crippen LogP contribution in [0.3, 0.4) is 0 Å². The molecule has 3 heteroatoms. The van der Waals surface area contributed by atoms with Gasteiger partial charge in [0.15, 0.2) is 0 Å². The predicted molar refractivity (Wildman–Crippen MR) is 57.4 cm³/mol. The summed E-state index contributed by atoms with van der Waals surface area (Å²) in [4.78, 5) is 0. The molecule has 82 valence electrons. The number of hydrogen-bond donors (Lipinski definition) is 2. The quantitative estimate of drug-likeness (QED) is 0.702. The number of rotatable bonds is 3. The Balaban J connectivity index is 1.67. The van der Waals surface area contributed by atoms with Crippen LogP contribution < -0.4 is 10.6 Å². The summed E-state index contributed by atoms with van der Waals surface area (Å²) < 4.78 is 5.37. The van der Waals surface area contributed by atoms with Crippen molar-refractivity contribution in [1.29, 1.82) is 0 Å². The molecule has 0 saturated carbocycles. The van der Waals surface area contributed by atoms with Crippen LogP contribution in [0.15, 0.2) is 0 Å². The Morgan fingerprint density at radius 2 is 2.36 bits per heavy atom. The van der Waals surface area contributed by atoms with E-state index in [-0.39, 0.29) is 0 Å². The van der Waals surface area contributed by atoms with Crippen LogP contribution in [0.2, 0.25) is 0 Å². The molecular weight excluding hydrogens is 176 g/mol. The molecule has 2 heterocycles. The van der Waals surface area contributed by atoms with Crippen molar-refractivity contribution in [3.8, 4) is 0 Å². The Kier molecular flexibility index (Phi) is 3.79. The Labute approximate surface area is 86.6 Å². The van der Waals surface area contributed by atoms with Crippen molar-refractivity contribution in [3.63, 3.8) is 0 Å². The zero-order valence-corrected chi connectivity index (χ0v) is 9.09. The van der Waals surface area contributed by atoms with Crippen molar-refractivity contribution in [1.82, 2.24) is 10.6 Å². The highest BCUT2D eigenvalue weighted by molar-refractivity contribution is 4.84. The van der Waals surface area contributed by atoms with Gasteiger partial charge in [0.1, 0.15) is 0 Å². The van der Waals surface area contributed by atoms with Crippen LogP contribution in [0.25, 0.3) is 0 Å². The van der Waals surface area contributed by atoms with Gasteiger partial charge in [-0.1, -0.05) is 0 Å². The Bertz CT molecular complexity index is 169. The first kappa shape index (κ1) is 10.4. The van der Waals surface area contributed by atoms with E-state index in [1.54, 1.807) is 0 Å². The first-order valence-corrected chi connectivity index (χ1v) is 5.91. The van der Waals surface area contributed by atoms with Crippen molar-refractivity contribution < 1.29 is 4.74 Å². The number of nitrogens with one attached hydrogen (secondary N) is 2. The SMILES string of the molecule is CC1NCCCC1NCC1CCOC1. The molecule has 2 rings (SSSR count). The maximum atomic E-state index is 5.37. The van der Waals surface area contributed by atoms with Gasteiger partial charge in [-0.3, -0.25) is 0 Å². The van der Waals surface area contributed by atoms with E-state index in [0.717, 1.165) is 25.7 Å². The first-order valence-electron chi connectivity index (χ1n) is 5.91.